The Hall–Kier alpha value is -2.49. The quantitative estimate of drug-likeness (QED) is 0.503. The van der Waals surface area contributed by atoms with Gasteiger partial charge in [-0.05, 0) is 55.7 Å². The summed E-state index contributed by atoms with van der Waals surface area (Å²) in [7, 11) is 0. The molecule has 7 nitrogen and oxygen atoms in total. The lowest BCUT2D eigenvalue weighted by molar-refractivity contribution is -0.139. The van der Waals surface area contributed by atoms with Crippen LogP contribution in [0.25, 0.3) is 0 Å². The highest BCUT2D eigenvalue weighted by molar-refractivity contribution is 7.10. The van der Waals surface area contributed by atoms with Crippen LogP contribution in [0.2, 0.25) is 0 Å². The summed E-state index contributed by atoms with van der Waals surface area (Å²) in [5.41, 5.74) is 1.01. The third-order valence-corrected chi connectivity index (χ3v) is 7.32. The van der Waals surface area contributed by atoms with Crippen molar-refractivity contribution in [1.29, 1.82) is 0 Å². The van der Waals surface area contributed by atoms with Gasteiger partial charge in [0, 0.05) is 55.9 Å². The first kappa shape index (κ1) is 26.1. The molecule has 2 heterocycles. The number of thiophene rings is 1. The summed E-state index contributed by atoms with van der Waals surface area (Å²) in [6.07, 6.45) is 0. The van der Waals surface area contributed by atoms with E-state index < -0.39 is 11.8 Å². The zero-order chi connectivity index (χ0) is 24.5. The standard InChI is InChI=1S/C25H36FN5O2S/c1-4-29(5-2)13-12-27-24(32)25(33)28-19(3)23(22-7-6-18-34-22)31-16-14-30(15-17-31)21-10-8-20(26)9-11-21/h6-11,18-19,23H,4-5,12-17H2,1-3H3,(H,27,32)(H,28,33). The molecule has 0 radical (unpaired) electrons. The zero-order valence-electron chi connectivity index (χ0n) is 20.3. The van der Waals surface area contributed by atoms with Gasteiger partial charge in [-0.15, -0.1) is 11.3 Å². The molecule has 1 aliphatic heterocycles. The first-order valence-electron chi connectivity index (χ1n) is 12.0. The lowest BCUT2D eigenvalue weighted by atomic mass is 10.0. The number of benzene rings is 1. The molecule has 1 aromatic carbocycles. The Kier molecular flexibility index (Phi) is 9.86. The van der Waals surface area contributed by atoms with Gasteiger partial charge in [-0.3, -0.25) is 14.5 Å². The summed E-state index contributed by atoms with van der Waals surface area (Å²) in [5, 5.41) is 7.69. The highest BCUT2D eigenvalue weighted by Gasteiger charge is 2.32. The number of piperazine rings is 1. The number of amides is 2. The number of rotatable bonds is 10. The number of hydrogen-bond acceptors (Lipinski definition) is 6. The second-order valence-corrected chi connectivity index (χ2v) is 9.48. The minimum atomic E-state index is -0.599. The van der Waals surface area contributed by atoms with E-state index in [-0.39, 0.29) is 17.9 Å². The van der Waals surface area contributed by atoms with Gasteiger partial charge in [0.2, 0.25) is 0 Å². The normalized spacial score (nSPS) is 16.3. The second-order valence-electron chi connectivity index (χ2n) is 8.50. The van der Waals surface area contributed by atoms with E-state index in [0.717, 1.165) is 56.4 Å². The molecule has 0 bridgehead atoms. The van der Waals surface area contributed by atoms with Gasteiger partial charge in [-0.1, -0.05) is 19.9 Å². The maximum absolute atomic E-state index is 13.3. The van der Waals surface area contributed by atoms with Crippen molar-refractivity contribution in [2.75, 3.05) is 57.3 Å². The number of likely N-dealkylation sites (N-methyl/N-ethyl adjacent to an activating group) is 1. The van der Waals surface area contributed by atoms with Gasteiger partial charge in [-0.25, -0.2) is 4.39 Å². The maximum Gasteiger partial charge on any atom is 0.309 e. The molecule has 186 valence electrons. The van der Waals surface area contributed by atoms with Gasteiger partial charge in [0.15, 0.2) is 0 Å². The fourth-order valence-corrected chi connectivity index (χ4v) is 5.38. The molecule has 3 rings (SSSR count). The average molecular weight is 490 g/mol. The largest absolute Gasteiger partial charge is 0.369 e. The smallest absolute Gasteiger partial charge is 0.309 e. The molecular formula is C25H36FN5O2S. The second kappa shape index (κ2) is 12.8. The van der Waals surface area contributed by atoms with Crippen molar-refractivity contribution in [3.63, 3.8) is 0 Å². The van der Waals surface area contributed by atoms with Crippen LogP contribution in [0.3, 0.4) is 0 Å². The zero-order valence-corrected chi connectivity index (χ0v) is 21.1. The van der Waals surface area contributed by atoms with Gasteiger partial charge < -0.3 is 20.4 Å². The summed E-state index contributed by atoms with van der Waals surface area (Å²) in [6.45, 7) is 12.3. The van der Waals surface area contributed by atoms with E-state index in [2.05, 4.69) is 45.2 Å². The van der Waals surface area contributed by atoms with Crippen molar-refractivity contribution in [3.8, 4) is 0 Å². The van der Waals surface area contributed by atoms with Crippen molar-refractivity contribution in [2.45, 2.75) is 32.9 Å². The lowest BCUT2D eigenvalue weighted by Crippen LogP contribution is -2.54. The summed E-state index contributed by atoms with van der Waals surface area (Å²) < 4.78 is 13.3. The molecule has 2 amide bonds. The number of anilines is 1. The number of carbonyl (C=O) groups excluding carboxylic acids is 2. The van der Waals surface area contributed by atoms with Crippen LogP contribution in [0.15, 0.2) is 41.8 Å². The van der Waals surface area contributed by atoms with E-state index in [1.807, 2.05) is 30.5 Å². The fourth-order valence-electron chi connectivity index (χ4n) is 4.41. The Morgan fingerprint density at radius 2 is 1.74 bits per heavy atom. The Balaban J connectivity index is 1.58. The Bertz CT molecular complexity index is 897. The minimum Gasteiger partial charge on any atom is -0.369 e. The van der Waals surface area contributed by atoms with Crippen LogP contribution in [0.1, 0.15) is 31.7 Å². The fraction of sp³-hybridized carbons (Fsp3) is 0.520. The minimum absolute atomic E-state index is 0.0252. The molecule has 1 fully saturated rings. The Morgan fingerprint density at radius 1 is 1.06 bits per heavy atom. The summed E-state index contributed by atoms with van der Waals surface area (Å²) in [4.78, 5) is 32.9. The monoisotopic (exact) mass is 489 g/mol. The first-order chi connectivity index (χ1) is 16.4. The number of halogens is 1. The molecular weight excluding hydrogens is 453 g/mol. The van der Waals surface area contributed by atoms with Crippen LogP contribution < -0.4 is 15.5 Å². The summed E-state index contributed by atoms with van der Waals surface area (Å²) >= 11 is 1.66. The first-order valence-corrected chi connectivity index (χ1v) is 12.9. The van der Waals surface area contributed by atoms with Crippen molar-refractivity contribution in [2.24, 2.45) is 0 Å². The number of nitrogens with zero attached hydrogens (tertiary/aromatic N) is 3. The van der Waals surface area contributed by atoms with Crippen LogP contribution in [-0.2, 0) is 9.59 Å². The number of carbonyl (C=O) groups is 2. The van der Waals surface area contributed by atoms with Crippen molar-refractivity contribution in [3.05, 3.63) is 52.5 Å². The molecule has 2 N–H and O–H groups in total. The molecule has 1 aliphatic rings. The lowest BCUT2D eigenvalue weighted by Gasteiger charge is -2.42. The SMILES string of the molecule is CCN(CC)CCNC(=O)C(=O)NC(C)C(c1cccs1)N1CCN(c2ccc(F)cc2)CC1. The van der Waals surface area contributed by atoms with Gasteiger partial charge in [0.25, 0.3) is 0 Å². The van der Waals surface area contributed by atoms with Crippen molar-refractivity contribution >= 4 is 28.8 Å². The van der Waals surface area contributed by atoms with Crippen LogP contribution in [0, 0.1) is 5.82 Å². The van der Waals surface area contributed by atoms with Crippen LogP contribution in [-0.4, -0.2) is 80.0 Å². The molecule has 2 unspecified atom stereocenters. The number of nitrogens with one attached hydrogen (secondary N) is 2. The Labute approximate surface area is 205 Å². The molecule has 2 aromatic rings. The predicted octanol–water partition coefficient (Wildman–Crippen LogP) is 2.71. The molecule has 0 spiro atoms. The highest BCUT2D eigenvalue weighted by atomic mass is 32.1. The van der Waals surface area contributed by atoms with E-state index in [9.17, 15) is 14.0 Å². The van der Waals surface area contributed by atoms with Crippen molar-refractivity contribution < 1.29 is 14.0 Å². The maximum atomic E-state index is 13.3. The molecule has 1 saturated heterocycles. The van der Waals surface area contributed by atoms with E-state index in [1.54, 1.807) is 11.3 Å². The van der Waals surface area contributed by atoms with Gasteiger partial charge in [0.1, 0.15) is 5.82 Å². The van der Waals surface area contributed by atoms with Gasteiger partial charge >= 0.3 is 11.8 Å². The van der Waals surface area contributed by atoms with Crippen molar-refractivity contribution in [1.82, 2.24) is 20.4 Å². The number of hydrogen-bond donors (Lipinski definition) is 2. The van der Waals surface area contributed by atoms with Gasteiger partial charge in [-0.2, -0.15) is 0 Å². The van der Waals surface area contributed by atoms with E-state index in [1.165, 1.54) is 12.1 Å². The third kappa shape index (κ3) is 7.01. The highest BCUT2D eigenvalue weighted by Crippen LogP contribution is 2.30. The predicted molar refractivity (Wildman–Crippen MR) is 136 cm³/mol. The Morgan fingerprint density at radius 3 is 2.32 bits per heavy atom. The molecule has 9 heteroatoms. The summed E-state index contributed by atoms with van der Waals surface area (Å²) in [6, 6.07) is 10.4. The molecule has 34 heavy (non-hydrogen) atoms. The van der Waals surface area contributed by atoms with Gasteiger partial charge in [0.05, 0.1) is 6.04 Å². The molecule has 2 atom stereocenters. The van der Waals surface area contributed by atoms with Crippen LogP contribution in [0.5, 0.6) is 0 Å². The third-order valence-electron chi connectivity index (χ3n) is 6.38. The topological polar surface area (TPSA) is 67.9 Å². The molecule has 1 aromatic heterocycles. The van der Waals surface area contributed by atoms with E-state index in [4.69, 9.17) is 0 Å². The summed E-state index contributed by atoms with van der Waals surface area (Å²) in [5.74, 6) is -1.43. The molecule has 0 aliphatic carbocycles. The average Bonchev–Trinajstić information content (AvgIpc) is 3.37. The van der Waals surface area contributed by atoms with E-state index in [0.29, 0.717) is 6.54 Å². The molecule has 0 saturated carbocycles. The van der Waals surface area contributed by atoms with Crippen LogP contribution >= 0.6 is 11.3 Å². The van der Waals surface area contributed by atoms with E-state index >= 15 is 0 Å². The van der Waals surface area contributed by atoms with Crippen LogP contribution in [0.4, 0.5) is 10.1 Å².